The van der Waals surface area contributed by atoms with Crippen molar-refractivity contribution in [2.45, 2.75) is 26.3 Å². The second kappa shape index (κ2) is 7.51. The lowest BCUT2D eigenvalue weighted by Gasteiger charge is -2.24. The highest BCUT2D eigenvalue weighted by Crippen LogP contribution is 2.34. The summed E-state index contributed by atoms with van der Waals surface area (Å²) in [7, 11) is -3.34. The quantitative estimate of drug-likeness (QED) is 0.792. The van der Waals surface area contributed by atoms with Gasteiger partial charge < -0.3 is 0 Å². The van der Waals surface area contributed by atoms with Crippen LogP contribution in [0.4, 0.5) is 5.69 Å². The second-order valence-electron chi connectivity index (χ2n) is 5.86. The van der Waals surface area contributed by atoms with Crippen LogP contribution in [0.1, 0.15) is 36.8 Å². The fourth-order valence-electron chi connectivity index (χ4n) is 2.69. The molecule has 1 aromatic carbocycles. The fraction of sp³-hybridized carbons (Fsp3) is 0.278. The van der Waals surface area contributed by atoms with Crippen molar-refractivity contribution in [2.75, 3.05) is 10.5 Å². The van der Waals surface area contributed by atoms with Gasteiger partial charge in [-0.05, 0) is 36.6 Å². The number of hydrogen-bond donors (Lipinski definition) is 2. The minimum absolute atomic E-state index is 0.00232. The lowest BCUT2D eigenvalue weighted by molar-refractivity contribution is -0.134. The molecule has 0 spiro atoms. The number of anilines is 1. The summed E-state index contributed by atoms with van der Waals surface area (Å²) in [6.07, 6.45) is 2.39. The van der Waals surface area contributed by atoms with Gasteiger partial charge in [0, 0.05) is 22.5 Å². The molecule has 8 heteroatoms. The van der Waals surface area contributed by atoms with E-state index < -0.39 is 10.0 Å². The Hall–Kier alpha value is -2.32. The summed E-state index contributed by atoms with van der Waals surface area (Å²) in [5.41, 5.74) is 5.27. The van der Waals surface area contributed by atoms with Crippen LogP contribution in [0.5, 0.6) is 0 Å². The highest BCUT2D eigenvalue weighted by atomic mass is 32.2. The van der Waals surface area contributed by atoms with Gasteiger partial charge in [-0.2, -0.15) is 0 Å². The lowest BCUT2D eigenvalue weighted by Crippen LogP contribution is -2.38. The van der Waals surface area contributed by atoms with E-state index in [1.807, 2.05) is 36.6 Å². The van der Waals surface area contributed by atoms with E-state index >= 15 is 0 Å². The van der Waals surface area contributed by atoms with E-state index in [0.29, 0.717) is 12.1 Å². The average molecular weight is 392 g/mol. The molecule has 0 aliphatic carbocycles. The summed E-state index contributed by atoms with van der Waals surface area (Å²) >= 11 is 1.59. The smallest absolute Gasteiger partial charge is 0.241 e. The SMILES string of the molecule is CCC(=O)N1NC(c2cccc(NS(=O)(=O)CC)c2)=CC1c1cccs1. The third kappa shape index (κ3) is 3.91. The maximum Gasteiger partial charge on any atom is 0.241 e. The van der Waals surface area contributed by atoms with E-state index in [9.17, 15) is 13.2 Å². The Morgan fingerprint density at radius 2 is 2.08 bits per heavy atom. The molecule has 0 saturated carbocycles. The van der Waals surface area contributed by atoms with Crippen LogP contribution in [0, 0.1) is 0 Å². The third-order valence-electron chi connectivity index (χ3n) is 4.08. The molecule has 1 unspecified atom stereocenters. The van der Waals surface area contributed by atoms with Gasteiger partial charge in [0.25, 0.3) is 0 Å². The molecule has 26 heavy (non-hydrogen) atoms. The molecule has 1 aliphatic rings. The number of thiophene rings is 1. The Balaban J connectivity index is 1.91. The number of amides is 1. The van der Waals surface area contributed by atoms with Gasteiger partial charge >= 0.3 is 0 Å². The summed E-state index contributed by atoms with van der Waals surface area (Å²) < 4.78 is 26.1. The van der Waals surface area contributed by atoms with E-state index in [1.54, 1.807) is 41.5 Å². The zero-order valence-electron chi connectivity index (χ0n) is 14.6. The molecule has 1 aromatic heterocycles. The normalized spacial score (nSPS) is 16.9. The largest absolute Gasteiger partial charge is 0.295 e. The van der Waals surface area contributed by atoms with Gasteiger partial charge in [0.1, 0.15) is 6.04 Å². The minimum Gasteiger partial charge on any atom is -0.295 e. The maximum atomic E-state index is 12.3. The van der Waals surface area contributed by atoms with Gasteiger partial charge in [0.2, 0.25) is 15.9 Å². The molecule has 1 atom stereocenters. The molecular weight excluding hydrogens is 370 g/mol. The van der Waals surface area contributed by atoms with E-state index in [4.69, 9.17) is 0 Å². The zero-order valence-corrected chi connectivity index (χ0v) is 16.2. The van der Waals surface area contributed by atoms with Crippen molar-refractivity contribution in [1.82, 2.24) is 10.4 Å². The van der Waals surface area contributed by atoms with Crippen LogP contribution in [-0.2, 0) is 14.8 Å². The molecule has 3 rings (SSSR count). The van der Waals surface area contributed by atoms with Crippen LogP contribution in [0.3, 0.4) is 0 Å². The average Bonchev–Trinajstić information content (AvgIpc) is 3.30. The molecule has 138 valence electrons. The van der Waals surface area contributed by atoms with Gasteiger partial charge in [-0.15, -0.1) is 11.3 Å². The standard InChI is InChI=1S/C18H21N3O3S2/c1-3-18(22)21-16(17-9-6-10-25-17)12-15(19-21)13-7-5-8-14(11-13)20-26(23,24)4-2/h5-12,16,19-20H,3-4H2,1-2H3. The van der Waals surface area contributed by atoms with E-state index in [2.05, 4.69) is 10.1 Å². The van der Waals surface area contributed by atoms with Crippen molar-refractivity contribution >= 4 is 38.7 Å². The van der Waals surface area contributed by atoms with Crippen LogP contribution in [0.25, 0.3) is 5.70 Å². The predicted octanol–water partition coefficient (Wildman–Crippen LogP) is 3.35. The molecule has 6 nitrogen and oxygen atoms in total. The van der Waals surface area contributed by atoms with Crippen molar-refractivity contribution in [3.8, 4) is 0 Å². The summed E-state index contributed by atoms with van der Waals surface area (Å²) in [6.45, 7) is 3.42. The van der Waals surface area contributed by atoms with Gasteiger partial charge in [-0.3, -0.25) is 14.9 Å². The number of rotatable bonds is 6. The van der Waals surface area contributed by atoms with Crippen LogP contribution in [0.2, 0.25) is 0 Å². The number of benzene rings is 1. The van der Waals surface area contributed by atoms with E-state index in [-0.39, 0.29) is 17.7 Å². The van der Waals surface area contributed by atoms with Crippen molar-refractivity contribution in [1.29, 1.82) is 0 Å². The molecule has 0 fully saturated rings. The van der Waals surface area contributed by atoms with Crippen LogP contribution < -0.4 is 10.1 Å². The topological polar surface area (TPSA) is 78.5 Å². The summed E-state index contributed by atoms with van der Waals surface area (Å²) in [5.74, 6) is 0.00899. The maximum absolute atomic E-state index is 12.3. The number of hydrogen-bond acceptors (Lipinski definition) is 5. The highest BCUT2D eigenvalue weighted by Gasteiger charge is 2.30. The fourth-order valence-corrected chi connectivity index (χ4v) is 4.10. The number of carbonyl (C=O) groups excluding carboxylic acids is 1. The van der Waals surface area contributed by atoms with Gasteiger partial charge in [-0.25, -0.2) is 13.4 Å². The highest BCUT2D eigenvalue weighted by molar-refractivity contribution is 7.92. The number of hydrazine groups is 1. The Kier molecular flexibility index (Phi) is 5.33. The van der Waals surface area contributed by atoms with Crippen molar-refractivity contribution in [3.63, 3.8) is 0 Å². The molecule has 1 aliphatic heterocycles. The van der Waals surface area contributed by atoms with Crippen molar-refractivity contribution in [3.05, 3.63) is 58.3 Å². The molecule has 0 bridgehead atoms. The molecule has 2 N–H and O–H groups in total. The monoisotopic (exact) mass is 391 g/mol. The Morgan fingerprint density at radius 1 is 1.27 bits per heavy atom. The predicted molar refractivity (Wildman–Crippen MR) is 105 cm³/mol. The third-order valence-corrected chi connectivity index (χ3v) is 6.33. The molecule has 0 saturated heterocycles. The number of nitrogens with one attached hydrogen (secondary N) is 2. The number of sulfonamides is 1. The van der Waals surface area contributed by atoms with Gasteiger partial charge in [0.15, 0.2) is 0 Å². The van der Waals surface area contributed by atoms with Gasteiger partial charge in [0.05, 0.1) is 11.4 Å². The molecule has 0 radical (unpaired) electrons. The lowest BCUT2D eigenvalue weighted by atomic mass is 10.1. The first-order valence-electron chi connectivity index (χ1n) is 8.38. The van der Waals surface area contributed by atoms with Gasteiger partial charge in [-0.1, -0.05) is 25.1 Å². The molecular formula is C18H21N3O3S2. The Morgan fingerprint density at radius 3 is 2.73 bits per heavy atom. The number of carbonyl (C=O) groups is 1. The van der Waals surface area contributed by atoms with Crippen LogP contribution in [-0.4, -0.2) is 25.1 Å². The minimum atomic E-state index is -3.34. The van der Waals surface area contributed by atoms with Crippen molar-refractivity contribution < 1.29 is 13.2 Å². The molecule has 1 amide bonds. The Bertz CT molecular complexity index is 921. The first kappa shape index (κ1) is 18.5. The van der Waals surface area contributed by atoms with E-state index in [0.717, 1.165) is 16.1 Å². The van der Waals surface area contributed by atoms with E-state index in [1.165, 1.54) is 0 Å². The Labute approximate surface area is 157 Å². The first-order chi connectivity index (χ1) is 12.4. The molecule has 2 heterocycles. The van der Waals surface area contributed by atoms with Crippen molar-refractivity contribution in [2.24, 2.45) is 0 Å². The summed E-state index contributed by atoms with van der Waals surface area (Å²) in [6, 6.07) is 10.9. The number of nitrogens with zero attached hydrogens (tertiary/aromatic N) is 1. The van der Waals surface area contributed by atoms with Crippen LogP contribution >= 0.6 is 11.3 Å². The summed E-state index contributed by atoms with van der Waals surface area (Å²) in [5, 5.41) is 3.61. The second-order valence-corrected chi connectivity index (χ2v) is 8.85. The summed E-state index contributed by atoms with van der Waals surface area (Å²) in [4.78, 5) is 13.4. The zero-order chi connectivity index (χ0) is 18.7. The van der Waals surface area contributed by atoms with Crippen LogP contribution in [0.15, 0.2) is 47.9 Å². The molecule has 2 aromatic rings. The first-order valence-corrected chi connectivity index (χ1v) is 10.9.